The van der Waals surface area contributed by atoms with E-state index in [2.05, 4.69) is 5.10 Å². The molecule has 0 aliphatic heterocycles. The highest BCUT2D eigenvalue weighted by Gasteiger charge is 2.17. The molecule has 0 atom stereocenters. The summed E-state index contributed by atoms with van der Waals surface area (Å²) < 4.78 is 1.44. The lowest BCUT2D eigenvalue weighted by Crippen LogP contribution is -2.13. The number of hydrogen-bond donors (Lipinski definition) is 2. The molecule has 12 heavy (non-hydrogen) atoms. The fourth-order valence-corrected chi connectivity index (χ4v) is 1.50. The number of primary amides is 1. The number of carbonyl (C=O) groups excluding carboxylic acids is 1. The summed E-state index contributed by atoms with van der Waals surface area (Å²) in [5, 5.41) is 4.58. The zero-order valence-corrected chi connectivity index (χ0v) is 7.68. The van der Waals surface area contributed by atoms with Crippen molar-refractivity contribution in [1.82, 2.24) is 9.78 Å². The molecule has 0 saturated carbocycles. The van der Waals surface area contributed by atoms with Crippen LogP contribution in [0, 0.1) is 0 Å². The molecular weight excluding hydrogens is 176 g/mol. The first kappa shape index (κ1) is 8.92. The normalized spacial score (nSPS) is 10.2. The predicted octanol–water partition coefficient (Wildman–Crippen LogP) is -0.177. The van der Waals surface area contributed by atoms with Gasteiger partial charge in [-0.1, -0.05) is 0 Å². The number of hydrogen-bond acceptors (Lipinski definition) is 4. The van der Waals surface area contributed by atoms with E-state index in [0.717, 1.165) is 0 Å². The van der Waals surface area contributed by atoms with Crippen LogP contribution >= 0.6 is 11.8 Å². The molecule has 1 heterocycles. The first-order valence-corrected chi connectivity index (χ1v) is 4.46. The minimum atomic E-state index is -0.537. The molecule has 0 fully saturated rings. The van der Waals surface area contributed by atoms with Gasteiger partial charge in [0.1, 0.15) is 16.4 Å². The van der Waals surface area contributed by atoms with Crippen LogP contribution in [0.5, 0.6) is 0 Å². The van der Waals surface area contributed by atoms with E-state index in [1.54, 1.807) is 7.05 Å². The lowest BCUT2D eigenvalue weighted by molar-refractivity contribution is 0.0998. The van der Waals surface area contributed by atoms with Gasteiger partial charge in [0.25, 0.3) is 5.91 Å². The fourth-order valence-electron chi connectivity index (χ4n) is 0.886. The van der Waals surface area contributed by atoms with Crippen molar-refractivity contribution >= 4 is 23.5 Å². The summed E-state index contributed by atoms with van der Waals surface area (Å²) in [6.07, 6.45) is 1.81. The quantitative estimate of drug-likeness (QED) is 0.627. The maximum Gasteiger partial charge on any atom is 0.255 e. The zero-order valence-electron chi connectivity index (χ0n) is 6.87. The Bertz CT molecular complexity index is 320. The first-order valence-electron chi connectivity index (χ1n) is 3.24. The molecule has 0 saturated heterocycles. The molecule has 4 N–H and O–H groups in total. The number of thioether (sulfide) groups is 1. The van der Waals surface area contributed by atoms with Crippen LogP contribution in [0.3, 0.4) is 0 Å². The molecule has 0 spiro atoms. The average Bonchev–Trinajstić information content (AvgIpc) is 2.28. The molecule has 1 aromatic rings. The van der Waals surface area contributed by atoms with E-state index in [9.17, 15) is 4.79 Å². The topological polar surface area (TPSA) is 86.9 Å². The van der Waals surface area contributed by atoms with E-state index >= 15 is 0 Å². The summed E-state index contributed by atoms with van der Waals surface area (Å²) in [4.78, 5) is 10.9. The second-order valence-electron chi connectivity index (χ2n) is 2.26. The Morgan fingerprint density at radius 3 is 2.58 bits per heavy atom. The molecule has 66 valence electrons. The smallest absolute Gasteiger partial charge is 0.255 e. The van der Waals surface area contributed by atoms with Crippen molar-refractivity contribution < 1.29 is 4.79 Å². The Kier molecular flexibility index (Phi) is 2.27. The molecule has 0 radical (unpaired) electrons. The molecule has 1 aromatic heterocycles. The van der Waals surface area contributed by atoms with Crippen LogP contribution < -0.4 is 11.5 Å². The van der Waals surface area contributed by atoms with Crippen LogP contribution in [0.2, 0.25) is 0 Å². The van der Waals surface area contributed by atoms with Gasteiger partial charge >= 0.3 is 0 Å². The fraction of sp³-hybridized carbons (Fsp3) is 0.333. The van der Waals surface area contributed by atoms with Crippen LogP contribution in [0.1, 0.15) is 10.4 Å². The predicted molar refractivity (Wildman–Crippen MR) is 47.9 cm³/mol. The molecule has 0 aliphatic rings. The molecule has 6 heteroatoms. The number of amides is 1. The zero-order chi connectivity index (χ0) is 9.30. The van der Waals surface area contributed by atoms with Crippen LogP contribution in [0.4, 0.5) is 5.82 Å². The number of carbonyl (C=O) groups is 1. The van der Waals surface area contributed by atoms with Crippen LogP contribution in [-0.2, 0) is 7.05 Å². The Hall–Kier alpha value is -1.17. The molecule has 1 amide bonds. The minimum absolute atomic E-state index is 0.310. The van der Waals surface area contributed by atoms with Crippen molar-refractivity contribution in [3.8, 4) is 0 Å². The van der Waals surface area contributed by atoms with Gasteiger partial charge in [0.15, 0.2) is 0 Å². The number of rotatable bonds is 2. The second kappa shape index (κ2) is 3.06. The summed E-state index contributed by atoms with van der Waals surface area (Å²) in [5.41, 5.74) is 11.0. The highest BCUT2D eigenvalue weighted by molar-refractivity contribution is 7.98. The van der Waals surface area contributed by atoms with Crippen molar-refractivity contribution in [3.63, 3.8) is 0 Å². The third-order valence-electron chi connectivity index (χ3n) is 1.50. The number of aromatic nitrogens is 2. The summed E-state index contributed by atoms with van der Waals surface area (Å²) in [6, 6.07) is 0. The first-order chi connectivity index (χ1) is 5.57. The highest BCUT2D eigenvalue weighted by Crippen LogP contribution is 2.22. The van der Waals surface area contributed by atoms with Gasteiger partial charge in [-0.2, -0.15) is 5.10 Å². The Morgan fingerprint density at radius 1 is 1.67 bits per heavy atom. The van der Waals surface area contributed by atoms with Crippen molar-refractivity contribution in [2.45, 2.75) is 5.03 Å². The molecular formula is C6H10N4OS. The van der Waals surface area contributed by atoms with Gasteiger partial charge < -0.3 is 11.5 Å². The number of aryl methyl sites for hydroxylation is 1. The lowest BCUT2D eigenvalue weighted by atomic mass is 10.3. The van der Waals surface area contributed by atoms with E-state index in [-0.39, 0.29) is 0 Å². The summed E-state index contributed by atoms with van der Waals surface area (Å²) in [7, 11) is 1.67. The molecule has 1 rings (SSSR count). The van der Waals surface area contributed by atoms with Crippen molar-refractivity contribution in [3.05, 3.63) is 5.56 Å². The third-order valence-corrected chi connectivity index (χ3v) is 2.17. The van der Waals surface area contributed by atoms with Crippen molar-refractivity contribution in [2.24, 2.45) is 12.8 Å². The van der Waals surface area contributed by atoms with Crippen LogP contribution in [-0.4, -0.2) is 21.9 Å². The monoisotopic (exact) mass is 186 g/mol. The standard InChI is InChI=1S/C6H10N4OS/c1-10-4(7)3(5(8)11)6(9-10)12-2/h7H2,1-2H3,(H2,8,11). The van der Waals surface area contributed by atoms with Gasteiger partial charge in [-0.15, -0.1) is 11.8 Å². The number of nitrogens with two attached hydrogens (primary N) is 2. The van der Waals surface area contributed by atoms with Gasteiger partial charge in [0.2, 0.25) is 0 Å². The Balaban J connectivity index is 3.31. The Morgan fingerprint density at radius 2 is 2.25 bits per heavy atom. The highest BCUT2D eigenvalue weighted by atomic mass is 32.2. The van der Waals surface area contributed by atoms with Crippen LogP contribution in [0.15, 0.2) is 5.03 Å². The average molecular weight is 186 g/mol. The third kappa shape index (κ3) is 1.25. The van der Waals surface area contributed by atoms with Gasteiger partial charge in [0.05, 0.1) is 0 Å². The van der Waals surface area contributed by atoms with Gasteiger partial charge in [-0.05, 0) is 6.26 Å². The molecule has 0 bridgehead atoms. The minimum Gasteiger partial charge on any atom is -0.383 e. The number of nitrogens with zero attached hydrogens (tertiary/aromatic N) is 2. The summed E-state index contributed by atoms with van der Waals surface area (Å²) >= 11 is 1.35. The van der Waals surface area contributed by atoms with E-state index in [4.69, 9.17) is 11.5 Å². The Labute approximate surface area is 74.1 Å². The van der Waals surface area contributed by atoms with Gasteiger partial charge in [-0.3, -0.25) is 9.48 Å². The largest absolute Gasteiger partial charge is 0.383 e. The van der Waals surface area contributed by atoms with E-state index in [0.29, 0.717) is 16.4 Å². The second-order valence-corrected chi connectivity index (χ2v) is 3.05. The van der Waals surface area contributed by atoms with E-state index in [1.807, 2.05) is 6.26 Å². The molecule has 5 nitrogen and oxygen atoms in total. The summed E-state index contributed by atoms with van der Waals surface area (Å²) in [5.74, 6) is -0.225. The van der Waals surface area contributed by atoms with Gasteiger partial charge in [-0.25, -0.2) is 0 Å². The number of nitrogen functional groups attached to an aromatic ring is 1. The van der Waals surface area contributed by atoms with Gasteiger partial charge in [0, 0.05) is 7.05 Å². The molecule has 0 aromatic carbocycles. The molecule has 0 aliphatic carbocycles. The summed E-state index contributed by atoms with van der Waals surface area (Å²) in [6.45, 7) is 0. The lowest BCUT2D eigenvalue weighted by Gasteiger charge is -1.94. The van der Waals surface area contributed by atoms with Crippen LogP contribution in [0.25, 0.3) is 0 Å². The van der Waals surface area contributed by atoms with Crippen molar-refractivity contribution in [2.75, 3.05) is 12.0 Å². The number of anilines is 1. The van der Waals surface area contributed by atoms with E-state index in [1.165, 1.54) is 16.4 Å². The maximum atomic E-state index is 10.9. The maximum absolute atomic E-state index is 10.9. The van der Waals surface area contributed by atoms with E-state index < -0.39 is 5.91 Å². The molecule has 0 unspecified atom stereocenters. The van der Waals surface area contributed by atoms with Crippen molar-refractivity contribution in [1.29, 1.82) is 0 Å². The SMILES string of the molecule is CSc1nn(C)c(N)c1C(N)=O.